The summed E-state index contributed by atoms with van der Waals surface area (Å²) in [5, 5.41) is 0.363. The maximum absolute atomic E-state index is 12.9. The standard InChI is InChI=1S/C15H21ClN2O3S/c1-9-5-12(17)3-4-18(9)22(19,20)13-7-11-6-10(2)21-15(11)14(16)8-13/h7-10,12H,3-6,17H2,1-2H3/t9-,10+,12+/m0/s1. The molecule has 0 aliphatic carbocycles. The fourth-order valence-corrected chi connectivity index (χ4v) is 5.37. The number of piperidine rings is 1. The molecule has 2 aliphatic rings. The van der Waals surface area contributed by atoms with E-state index in [9.17, 15) is 8.42 Å². The van der Waals surface area contributed by atoms with Crippen molar-refractivity contribution in [1.82, 2.24) is 4.31 Å². The van der Waals surface area contributed by atoms with E-state index >= 15 is 0 Å². The van der Waals surface area contributed by atoms with Crippen LogP contribution in [0.25, 0.3) is 0 Å². The van der Waals surface area contributed by atoms with Crippen LogP contribution in [0.1, 0.15) is 32.3 Å². The van der Waals surface area contributed by atoms with Crippen LogP contribution in [0.3, 0.4) is 0 Å². The minimum atomic E-state index is -3.56. The highest BCUT2D eigenvalue weighted by Gasteiger charge is 2.35. The van der Waals surface area contributed by atoms with Gasteiger partial charge in [0.05, 0.1) is 9.92 Å². The third kappa shape index (κ3) is 2.73. The molecule has 7 heteroatoms. The lowest BCUT2D eigenvalue weighted by Crippen LogP contribution is -2.48. The number of sulfonamides is 1. The van der Waals surface area contributed by atoms with Gasteiger partial charge >= 0.3 is 0 Å². The van der Waals surface area contributed by atoms with Crippen molar-refractivity contribution in [2.24, 2.45) is 5.73 Å². The van der Waals surface area contributed by atoms with Crippen LogP contribution in [0.4, 0.5) is 0 Å². The molecule has 1 fully saturated rings. The molecule has 0 bridgehead atoms. The highest BCUT2D eigenvalue weighted by atomic mass is 35.5. The number of rotatable bonds is 2. The Morgan fingerprint density at radius 2 is 2.09 bits per heavy atom. The van der Waals surface area contributed by atoms with Crippen LogP contribution in [-0.4, -0.2) is 37.5 Å². The minimum absolute atomic E-state index is 0.0253. The molecule has 22 heavy (non-hydrogen) atoms. The van der Waals surface area contributed by atoms with Gasteiger partial charge in [0.15, 0.2) is 0 Å². The van der Waals surface area contributed by atoms with Gasteiger partial charge in [-0.1, -0.05) is 11.6 Å². The third-order valence-corrected chi connectivity index (χ3v) is 6.65. The van der Waals surface area contributed by atoms with Crippen LogP contribution in [0.5, 0.6) is 5.75 Å². The predicted molar refractivity (Wildman–Crippen MR) is 85.8 cm³/mol. The van der Waals surface area contributed by atoms with Crippen LogP contribution < -0.4 is 10.5 Å². The molecule has 0 amide bonds. The van der Waals surface area contributed by atoms with Crippen molar-refractivity contribution in [1.29, 1.82) is 0 Å². The average molecular weight is 345 g/mol. The van der Waals surface area contributed by atoms with Crippen LogP contribution in [0.15, 0.2) is 17.0 Å². The largest absolute Gasteiger partial charge is 0.489 e. The summed E-state index contributed by atoms with van der Waals surface area (Å²) in [6.07, 6.45) is 2.07. The first-order chi connectivity index (χ1) is 10.3. The van der Waals surface area contributed by atoms with Gasteiger partial charge in [0.1, 0.15) is 11.9 Å². The van der Waals surface area contributed by atoms with E-state index in [-0.39, 0.29) is 23.1 Å². The van der Waals surface area contributed by atoms with E-state index < -0.39 is 10.0 Å². The Labute approximate surface area is 136 Å². The van der Waals surface area contributed by atoms with Gasteiger partial charge in [-0.05, 0) is 38.8 Å². The Bertz CT molecular complexity index is 692. The van der Waals surface area contributed by atoms with Gasteiger partial charge in [-0.15, -0.1) is 0 Å². The fourth-order valence-electron chi connectivity index (χ4n) is 3.29. The molecular formula is C15H21ClN2O3S. The first-order valence-corrected chi connectivity index (χ1v) is 9.37. The number of nitrogens with zero attached hydrogens (tertiary/aromatic N) is 1. The maximum Gasteiger partial charge on any atom is 0.243 e. The van der Waals surface area contributed by atoms with Crippen LogP contribution >= 0.6 is 11.6 Å². The van der Waals surface area contributed by atoms with Gasteiger partial charge in [0, 0.05) is 30.6 Å². The number of nitrogens with two attached hydrogens (primary N) is 1. The molecule has 5 nitrogen and oxygen atoms in total. The van der Waals surface area contributed by atoms with E-state index in [0.717, 1.165) is 5.56 Å². The van der Waals surface area contributed by atoms with E-state index in [1.165, 1.54) is 10.4 Å². The molecule has 1 aromatic rings. The molecule has 122 valence electrons. The van der Waals surface area contributed by atoms with Crippen molar-refractivity contribution in [3.8, 4) is 5.75 Å². The topological polar surface area (TPSA) is 72.6 Å². The Balaban J connectivity index is 1.97. The smallest absolute Gasteiger partial charge is 0.243 e. The summed E-state index contributed by atoms with van der Waals surface area (Å²) >= 11 is 6.22. The Morgan fingerprint density at radius 3 is 2.77 bits per heavy atom. The Hall–Kier alpha value is -0.820. The van der Waals surface area contributed by atoms with E-state index in [1.54, 1.807) is 6.07 Å². The van der Waals surface area contributed by atoms with Crippen molar-refractivity contribution >= 4 is 21.6 Å². The van der Waals surface area contributed by atoms with Crippen LogP contribution in [0, 0.1) is 0 Å². The zero-order chi connectivity index (χ0) is 16.1. The minimum Gasteiger partial charge on any atom is -0.489 e. The monoisotopic (exact) mass is 344 g/mol. The van der Waals surface area contributed by atoms with Crippen molar-refractivity contribution in [3.63, 3.8) is 0 Å². The number of ether oxygens (including phenoxy) is 1. The van der Waals surface area contributed by atoms with E-state index in [2.05, 4.69) is 0 Å². The molecular weight excluding hydrogens is 324 g/mol. The van der Waals surface area contributed by atoms with Crippen LogP contribution in [-0.2, 0) is 16.4 Å². The Kier molecular flexibility index (Phi) is 4.14. The lowest BCUT2D eigenvalue weighted by atomic mass is 10.0. The fraction of sp³-hybridized carbons (Fsp3) is 0.600. The predicted octanol–water partition coefficient (Wildman–Crippen LogP) is 2.16. The SMILES string of the molecule is C[C@@H]1Cc2cc(S(=O)(=O)N3CC[C@@H](N)C[C@@H]3C)cc(Cl)c2O1. The van der Waals surface area contributed by atoms with Crippen molar-refractivity contribution in [3.05, 3.63) is 22.7 Å². The van der Waals surface area contributed by atoms with Gasteiger partial charge in [-0.3, -0.25) is 0 Å². The summed E-state index contributed by atoms with van der Waals surface area (Å²) in [5.74, 6) is 0.613. The summed E-state index contributed by atoms with van der Waals surface area (Å²) < 4.78 is 33.0. The molecule has 0 spiro atoms. The molecule has 2 N–H and O–H groups in total. The second-order valence-electron chi connectivity index (χ2n) is 6.28. The highest BCUT2D eigenvalue weighted by Crippen LogP contribution is 2.39. The normalized spacial score (nSPS) is 29.2. The first-order valence-electron chi connectivity index (χ1n) is 7.55. The third-order valence-electron chi connectivity index (χ3n) is 4.38. The summed E-state index contributed by atoms with van der Waals surface area (Å²) in [6.45, 7) is 4.29. The highest BCUT2D eigenvalue weighted by molar-refractivity contribution is 7.89. The van der Waals surface area contributed by atoms with E-state index in [0.29, 0.717) is 36.6 Å². The van der Waals surface area contributed by atoms with Gasteiger partial charge < -0.3 is 10.5 Å². The number of hydrogen-bond acceptors (Lipinski definition) is 4. The number of hydrogen-bond donors (Lipinski definition) is 1. The molecule has 3 rings (SSSR count). The first kappa shape index (κ1) is 16.1. The number of fused-ring (bicyclic) bond motifs is 1. The van der Waals surface area contributed by atoms with E-state index in [1.807, 2.05) is 13.8 Å². The maximum atomic E-state index is 12.9. The summed E-state index contributed by atoms with van der Waals surface area (Å²) in [6, 6.07) is 3.16. The molecule has 3 atom stereocenters. The van der Waals surface area contributed by atoms with Crippen molar-refractivity contribution < 1.29 is 13.2 Å². The van der Waals surface area contributed by atoms with Crippen molar-refractivity contribution in [2.45, 2.75) is 56.2 Å². The molecule has 0 saturated carbocycles. The molecule has 0 unspecified atom stereocenters. The zero-order valence-corrected chi connectivity index (χ0v) is 14.3. The van der Waals surface area contributed by atoms with Crippen LogP contribution in [0.2, 0.25) is 5.02 Å². The van der Waals surface area contributed by atoms with Gasteiger partial charge in [-0.2, -0.15) is 4.31 Å². The quantitative estimate of drug-likeness (QED) is 0.892. The van der Waals surface area contributed by atoms with Gasteiger partial charge in [-0.25, -0.2) is 8.42 Å². The lowest BCUT2D eigenvalue weighted by molar-refractivity contribution is 0.247. The van der Waals surface area contributed by atoms with E-state index in [4.69, 9.17) is 22.1 Å². The summed E-state index contributed by atoms with van der Waals surface area (Å²) in [5.41, 5.74) is 6.78. The summed E-state index contributed by atoms with van der Waals surface area (Å²) in [4.78, 5) is 0.247. The lowest BCUT2D eigenvalue weighted by Gasteiger charge is -2.35. The summed E-state index contributed by atoms with van der Waals surface area (Å²) in [7, 11) is -3.56. The molecule has 0 radical (unpaired) electrons. The second kappa shape index (κ2) is 5.67. The number of halogens is 1. The average Bonchev–Trinajstić information content (AvgIpc) is 2.79. The van der Waals surface area contributed by atoms with Crippen molar-refractivity contribution in [2.75, 3.05) is 6.54 Å². The van der Waals surface area contributed by atoms with Gasteiger partial charge in [0.2, 0.25) is 10.0 Å². The zero-order valence-electron chi connectivity index (χ0n) is 12.8. The van der Waals surface area contributed by atoms with Gasteiger partial charge in [0.25, 0.3) is 0 Å². The molecule has 2 heterocycles. The molecule has 0 aromatic heterocycles. The Morgan fingerprint density at radius 1 is 1.36 bits per heavy atom. The molecule has 1 aromatic carbocycles. The second-order valence-corrected chi connectivity index (χ2v) is 8.57. The molecule has 2 aliphatic heterocycles. The number of benzene rings is 1. The molecule has 1 saturated heterocycles.